The van der Waals surface area contributed by atoms with Gasteiger partial charge in [0.25, 0.3) is 0 Å². The van der Waals surface area contributed by atoms with Crippen LogP contribution in [0.4, 0.5) is 14.6 Å². The zero-order valence-corrected chi connectivity index (χ0v) is 8.94. The number of amides is 1. The van der Waals surface area contributed by atoms with E-state index in [9.17, 15) is 13.6 Å². The van der Waals surface area contributed by atoms with Gasteiger partial charge in [-0.15, -0.1) is 0 Å². The number of nitrogens with two attached hydrogens (primary N) is 1. The van der Waals surface area contributed by atoms with Gasteiger partial charge >= 0.3 is 11.8 Å². The van der Waals surface area contributed by atoms with Crippen LogP contribution in [0.1, 0.15) is 18.4 Å². The highest BCUT2D eigenvalue weighted by Crippen LogP contribution is 2.45. The highest BCUT2D eigenvalue weighted by molar-refractivity contribution is 6.05. The summed E-state index contributed by atoms with van der Waals surface area (Å²) in [6.07, 6.45) is 2.52. The number of hydrogen-bond donors (Lipinski definition) is 1. The molecule has 1 aliphatic heterocycles. The van der Waals surface area contributed by atoms with E-state index in [2.05, 4.69) is 4.98 Å². The standard InChI is InChI=1S/C11H11F2N3O/c12-11(13)8-2-1-3-15-9(8)16(10(11)17)7-4-6(14)5-7/h1-3,6-7H,4-5,14H2. The largest absolute Gasteiger partial charge is 0.353 e. The summed E-state index contributed by atoms with van der Waals surface area (Å²) in [4.78, 5) is 16.7. The molecule has 0 unspecified atom stereocenters. The molecular formula is C11H11F2N3O. The number of rotatable bonds is 1. The van der Waals surface area contributed by atoms with Gasteiger partial charge in [-0.05, 0) is 25.0 Å². The Hall–Kier alpha value is -1.56. The Labute approximate surface area is 96.4 Å². The maximum Gasteiger partial charge on any atom is 0.353 e. The number of carbonyl (C=O) groups is 1. The highest BCUT2D eigenvalue weighted by Gasteiger charge is 2.56. The van der Waals surface area contributed by atoms with E-state index < -0.39 is 11.8 Å². The lowest BCUT2D eigenvalue weighted by Gasteiger charge is -2.38. The molecule has 4 nitrogen and oxygen atoms in total. The maximum absolute atomic E-state index is 13.7. The van der Waals surface area contributed by atoms with Crippen LogP contribution in [0, 0.1) is 0 Å². The molecule has 2 heterocycles. The van der Waals surface area contributed by atoms with Crippen molar-refractivity contribution in [2.45, 2.75) is 30.8 Å². The van der Waals surface area contributed by atoms with Crippen molar-refractivity contribution < 1.29 is 13.6 Å². The van der Waals surface area contributed by atoms with Gasteiger partial charge in [0.15, 0.2) is 0 Å². The van der Waals surface area contributed by atoms with Crippen LogP contribution in [-0.4, -0.2) is 23.0 Å². The molecule has 1 aromatic heterocycles. The Balaban J connectivity index is 2.04. The SMILES string of the molecule is NC1CC(N2C(=O)C(F)(F)c3cccnc32)C1. The van der Waals surface area contributed by atoms with E-state index in [1.165, 1.54) is 18.3 Å². The first-order valence-electron chi connectivity index (χ1n) is 5.44. The molecule has 0 bridgehead atoms. The van der Waals surface area contributed by atoms with Crippen LogP contribution in [-0.2, 0) is 10.7 Å². The van der Waals surface area contributed by atoms with Crippen LogP contribution in [0.5, 0.6) is 0 Å². The highest BCUT2D eigenvalue weighted by atomic mass is 19.3. The minimum absolute atomic E-state index is 0.00538. The number of hydrogen-bond acceptors (Lipinski definition) is 3. The lowest BCUT2D eigenvalue weighted by molar-refractivity contribution is -0.142. The first-order chi connectivity index (χ1) is 8.01. The second-order valence-corrected chi connectivity index (χ2v) is 4.51. The first-order valence-corrected chi connectivity index (χ1v) is 5.44. The fourth-order valence-corrected chi connectivity index (χ4v) is 2.38. The summed E-state index contributed by atoms with van der Waals surface area (Å²) in [6.45, 7) is 0. The Kier molecular flexibility index (Phi) is 2.01. The first kappa shape index (κ1) is 10.6. The Bertz CT molecular complexity index is 485. The van der Waals surface area contributed by atoms with Crippen molar-refractivity contribution in [2.75, 3.05) is 4.90 Å². The summed E-state index contributed by atoms with van der Waals surface area (Å²) in [5, 5.41) is 0. The number of fused-ring (bicyclic) bond motifs is 1. The lowest BCUT2D eigenvalue weighted by Crippen LogP contribution is -2.53. The van der Waals surface area contributed by atoms with Crippen LogP contribution in [0.3, 0.4) is 0 Å². The monoisotopic (exact) mass is 239 g/mol. The van der Waals surface area contributed by atoms with Crippen molar-refractivity contribution in [1.29, 1.82) is 0 Å². The van der Waals surface area contributed by atoms with Crippen molar-refractivity contribution in [2.24, 2.45) is 5.73 Å². The van der Waals surface area contributed by atoms with Crippen molar-refractivity contribution in [1.82, 2.24) is 4.98 Å². The summed E-state index contributed by atoms with van der Waals surface area (Å²) in [5.41, 5.74) is 5.32. The van der Waals surface area contributed by atoms with E-state index in [4.69, 9.17) is 5.73 Å². The van der Waals surface area contributed by atoms with Crippen LogP contribution in [0.2, 0.25) is 0 Å². The van der Waals surface area contributed by atoms with Crippen molar-refractivity contribution >= 4 is 11.7 Å². The Morgan fingerprint density at radius 2 is 2.18 bits per heavy atom. The molecule has 1 aliphatic carbocycles. The molecule has 1 saturated carbocycles. The summed E-state index contributed by atoms with van der Waals surface area (Å²) < 4.78 is 27.5. The molecule has 1 aromatic rings. The molecule has 90 valence electrons. The molecule has 2 N–H and O–H groups in total. The molecule has 0 atom stereocenters. The number of halogens is 2. The molecule has 2 aliphatic rings. The van der Waals surface area contributed by atoms with Gasteiger partial charge in [0, 0.05) is 18.3 Å². The third-order valence-corrected chi connectivity index (χ3v) is 3.36. The van der Waals surface area contributed by atoms with Crippen molar-refractivity contribution in [3.63, 3.8) is 0 Å². The molecule has 17 heavy (non-hydrogen) atoms. The quantitative estimate of drug-likeness (QED) is 0.795. The van der Waals surface area contributed by atoms with Gasteiger partial charge in [-0.3, -0.25) is 9.69 Å². The van der Waals surface area contributed by atoms with Crippen LogP contribution in [0.15, 0.2) is 18.3 Å². The van der Waals surface area contributed by atoms with Crippen molar-refractivity contribution in [3.05, 3.63) is 23.9 Å². The van der Waals surface area contributed by atoms with Crippen LogP contribution >= 0.6 is 0 Å². The molecular weight excluding hydrogens is 228 g/mol. The fraction of sp³-hybridized carbons (Fsp3) is 0.455. The number of pyridine rings is 1. The second kappa shape index (κ2) is 3.22. The van der Waals surface area contributed by atoms with Gasteiger partial charge in [0.05, 0.1) is 5.56 Å². The van der Waals surface area contributed by atoms with Gasteiger partial charge < -0.3 is 5.73 Å². The number of anilines is 1. The molecule has 3 rings (SSSR count). The predicted molar refractivity (Wildman–Crippen MR) is 56.6 cm³/mol. The Morgan fingerprint density at radius 1 is 1.47 bits per heavy atom. The van der Waals surface area contributed by atoms with Gasteiger partial charge in [0.2, 0.25) is 0 Å². The second-order valence-electron chi connectivity index (χ2n) is 4.51. The zero-order chi connectivity index (χ0) is 12.2. The molecule has 0 spiro atoms. The average Bonchev–Trinajstić information content (AvgIpc) is 2.45. The number of nitrogens with zero attached hydrogens (tertiary/aromatic N) is 2. The van der Waals surface area contributed by atoms with E-state index in [-0.39, 0.29) is 23.5 Å². The van der Waals surface area contributed by atoms with E-state index in [0.29, 0.717) is 12.8 Å². The number of carbonyl (C=O) groups excluding carboxylic acids is 1. The molecule has 0 aromatic carbocycles. The number of alkyl halides is 2. The molecule has 0 saturated heterocycles. The number of aromatic nitrogens is 1. The molecule has 0 radical (unpaired) electrons. The summed E-state index contributed by atoms with van der Waals surface area (Å²) in [6, 6.07) is 2.42. The van der Waals surface area contributed by atoms with Crippen molar-refractivity contribution in [3.8, 4) is 0 Å². The van der Waals surface area contributed by atoms with E-state index >= 15 is 0 Å². The topological polar surface area (TPSA) is 59.2 Å². The van der Waals surface area contributed by atoms with Gasteiger partial charge in [-0.2, -0.15) is 8.78 Å². The maximum atomic E-state index is 13.7. The molecule has 1 fully saturated rings. The smallest absolute Gasteiger partial charge is 0.328 e. The Morgan fingerprint density at radius 3 is 2.82 bits per heavy atom. The van der Waals surface area contributed by atoms with Crippen LogP contribution < -0.4 is 10.6 Å². The van der Waals surface area contributed by atoms with E-state index in [1.807, 2.05) is 0 Å². The predicted octanol–water partition coefficient (Wildman–Crippen LogP) is 1.01. The third kappa shape index (κ3) is 1.30. The molecule has 6 heteroatoms. The third-order valence-electron chi connectivity index (χ3n) is 3.36. The minimum Gasteiger partial charge on any atom is -0.328 e. The fourth-order valence-electron chi connectivity index (χ4n) is 2.38. The van der Waals surface area contributed by atoms with Gasteiger partial charge in [-0.1, -0.05) is 0 Å². The van der Waals surface area contributed by atoms with E-state index in [1.54, 1.807) is 0 Å². The summed E-state index contributed by atoms with van der Waals surface area (Å²) in [5.74, 6) is -4.55. The minimum atomic E-state index is -3.46. The molecule has 1 amide bonds. The van der Waals surface area contributed by atoms with Gasteiger partial charge in [0.1, 0.15) is 5.82 Å². The van der Waals surface area contributed by atoms with Crippen LogP contribution in [0.25, 0.3) is 0 Å². The normalized spacial score (nSPS) is 30.1. The zero-order valence-electron chi connectivity index (χ0n) is 8.94. The van der Waals surface area contributed by atoms with Gasteiger partial charge in [-0.25, -0.2) is 4.98 Å². The lowest BCUT2D eigenvalue weighted by atomic mass is 9.86. The summed E-state index contributed by atoms with van der Waals surface area (Å²) >= 11 is 0. The average molecular weight is 239 g/mol. The summed E-state index contributed by atoms with van der Waals surface area (Å²) in [7, 11) is 0. The van der Waals surface area contributed by atoms with E-state index in [0.717, 1.165) is 4.90 Å².